The Morgan fingerprint density at radius 3 is 2.66 bits per heavy atom. The molecule has 0 bridgehead atoms. The molecule has 0 N–H and O–H groups in total. The first kappa shape index (κ1) is 18.6. The van der Waals surface area contributed by atoms with Crippen LogP contribution >= 0.6 is 0 Å². The van der Waals surface area contributed by atoms with Crippen LogP contribution in [-0.2, 0) is 28.7 Å². The van der Waals surface area contributed by atoms with Gasteiger partial charge in [-0.2, -0.15) is 4.31 Å². The normalized spacial score (nSPS) is 17.1. The molecule has 0 unspecified atom stereocenters. The summed E-state index contributed by atoms with van der Waals surface area (Å²) in [5, 5.41) is 7.61. The summed E-state index contributed by atoms with van der Waals surface area (Å²) in [4.78, 5) is 0. The molecule has 0 amide bonds. The van der Waals surface area contributed by atoms with Gasteiger partial charge in [-0.15, -0.1) is 0 Å². The highest BCUT2D eigenvalue weighted by Gasteiger charge is 2.32. The molecule has 8 heteroatoms. The fraction of sp³-hybridized carbons (Fsp3) is 0.429. The first-order chi connectivity index (χ1) is 14.1. The van der Waals surface area contributed by atoms with Crippen molar-refractivity contribution >= 4 is 21.1 Å². The van der Waals surface area contributed by atoms with Gasteiger partial charge in [0.25, 0.3) is 0 Å². The molecule has 0 radical (unpaired) electrons. The second-order valence-electron chi connectivity index (χ2n) is 7.87. The monoisotopic (exact) mass is 413 g/mol. The van der Waals surface area contributed by atoms with E-state index in [2.05, 4.69) is 16.4 Å². The van der Waals surface area contributed by atoms with Crippen molar-refractivity contribution in [3.63, 3.8) is 0 Å². The summed E-state index contributed by atoms with van der Waals surface area (Å²) in [6, 6.07) is 11.4. The van der Waals surface area contributed by atoms with Crippen LogP contribution in [0.1, 0.15) is 42.4 Å². The van der Waals surface area contributed by atoms with E-state index in [1.165, 1.54) is 0 Å². The van der Waals surface area contributed by atoms with Gasteiger partial charge >= 0.3 is 0 Å². The highest BCUT2D eigenvalue weighted by molar-refractivity contribution is 7.88. The summed E-state index contributed by atoms with van der Waals surface area (Å²) in [5.74, 6) is 0.860. The molecular formula is C21H23N3O4S. The number of nitrogens with zero attached hydrogens (tertiary/aromatic N) is 3. The Morgan fingerprint density at radius 1 is 1.00 bits per heavy atom. The van der Waals surface area contributed by atoms with Crippen molar-refractivity contribution in [3.8, 4) is 5.75 Å². The molecule has 7 nitrogen and oxygen atoms in total. The van der Waals surface area contributed by atoms with Crippen LogP contribution in [0.4, 0.5) is 0 Å². The Labute approximate surface area is 169 Å². The second kappa shape index (κ2) is 7.42. The van der Waals surface area contributed by atoms with Crippen molar-refractivity contribution in [3.05, 3.63) is 53.1 Å². The zero-order valence-corrected chi connectivity index (χ0v) is 16.9. The van der Waals surface area contributed by atoms with E-state index in [9.17, 15) is 8.42 Å². The largest absolute Gasteiger partial charge is 0.493 e. The molecule has 1 aromatic heterocycles. The van der Waals surface area contributed by atoms with E-state index in [1.807, 2.05) is 12.1 Å². The van der Waals surface area contributed by atoms with Gasteiger partial charge in [-0.3, -0.25) is 0 Å². The highest BCUT2D eigenvalue weighted by atomic mass is 32.2. The molecule has 2 aliphatic rings. The molecule has 1 aliphatic heterocycles. The van der Waals surface area contributed by atoms with Gasteiger partial charge in [0.15, 0.2) is 0 Å². The summed E-state index contributed by atoms with van der Waals surface area (Å²) >= 11 is 0. The fourth-order valence-electron chi connectivity index (χ4n) is 4.38. The molecule has 3 aromatic rings. The van der Waals surface area contributed by atoms with Crippen LogP contribution in [-0.4, -0.2) is 35.7 Å². The van der Waals surface area contributed by atoms with Crippen molar-refractivity contribution in [2.45, 2.75) is 50.4 Å². The summed E-state index contributed by atoms with van der Waals surface area (Å²) in [6.45, 7) is 1.09. The minimum absolute atomic E-state index is 0.0552. The van der Waals surface area contributed by atoms with Crippen molar-refractivity contribution in [2.75, 3.05) is 6.61 Å². The van der Waals surface area contributed by atoms with Crippen LogP contribution in [0.25, 0.3) is 11.0 Å². The van der Waals surface area contributed by atoms with Crippen LogP contribution in [0.3, 0.4) is 0 Å². The first-order valence-corrected chi connectivity index (χ1v) is 11.6. The van der Waals surface area contributed by atoms with Gasteiger partial charge in [0.2, 0.25) is 10.0 Å². The van der Waals surface area contributed by atoms with E-state index < -0.39 is 10.0 Å². The van der Waals surface area contributed by atoms with Crippen molar-refractivity contribution in [1.29, 1.82) is 0 Å². The SMILES string of the molecule is O=S(=O)(Cc1ccc2nonc2c1)N(Cc1ccc2c(c1)CCO2)C1CCCC1. The molecule has 0 atom stereocenters. The third kappa shape index (κ3) is 3.74. The highest BCUT2D eigenvalue weighted by Crippen LogP contribution is 2.31. The lowest BCUT2D eigenvalue weighted by Crippen LogP contribution is -2.39. The number of ether oxygens (including phenoxy) is 1. The average molecular weight is 413 g/mol. The lowest BCUT2D eigenvalue weighted by atomic mass is 10.1. The summed E-state index contributed by atoms with van der Waals surface area (Å²) in [6.07, 6.45) is 4.86. The quantitative estimate of drug-likeness (QED) is 0.615. The van der Waals surface area contributed by atoms with E-state index in [0.717, 1.165) is 49.0 Å². The number of hydrogen-bond donors (Lipinski definition) is 0. The zero-order chi connectivity index (χ0) is 19.8. The average Bonchev–Trinajstić information content (AvgIpc) is 3.45. The summed E-state index contributed by atoms with van der Waals surface area (Å²) < 4.78 is 38.9. The van der Waals surface area contributed by atoms with Gasteiger partial charge in [0.1, 0.15) is 16.8 Å². The van der Waals surface area contributed by atoms with E-state index in [0.29, 0.717) is 29.7 Å². The number of rotatable bonds is 6. The minimum atomic E-state index is -3.50. The van der Waals surface area contributed by atoms with Gasteiger partial charge in [0.05, 0.1) is 12.4 Å². The molecule has 0 saturated heterocycles. The lowest BCUT2D eigenvalue weighted by molar-refractivity contribution is 0.315. The van der Waals surface area contributed by atoms with Crippen molar-refractivity contribution < 1.29 is 17.8 Å². The zero-order valence-electron chi connectivity index (χ0n) is 16.1. The fourth-order valence-corrected chi connectivity index (χ4v) is 6.15. The molecule has 1 fully saturated rings. The van der Waals surface area contributed by atoms with Gasteiger partial charge in [-0.05, 0) is 58.0 Å². The molecule has 2 aromatic carbocycles. The van der Waals surface area contributed by atoms with Crippen LogP contribution in [0.5, 0.6) is 5.75 Å². The van der Waals surface area contributed by atoms with Crippen molar-refractivity contribution in [1.82, 2.24) is 14.6 Å². The molecule has 5 rings (SSSR count). The van der Waals surface area contributed by atoms with Crippen molar-refractivity contribution in [2.24, 2.45) is 0 Å². The van der Waals surface area contributed by atoms with E-state index in [4.69, 9.17) is 9.37 Å². The summed E-state index contributed by atoms with van der Waals surface area (Å²) in [7, 11) is -3.50. The Hall–Kier alpha value is -2.45. The Morgan fingerprint density at radius 2 is 1.79 bits per heavy atom. The second-order valence-corrected chi connectivity index (χ2v) is 9.79. The molecule has 29 heavy (non-hydrogen) atoms. The van der Waals surface area contributed by atoms with Crippen LogP contribution < -0.4 is 4.74 Å². The maximum atomic E-state index is 13.4. The molecule has 1 saturated carbocycles. The topological polar surface area (TPSA) is 85.5 Å². The Bertz CT molecular complexity index is 1140. The van der Waals surface area contributed by atoms with E-state index >= 15 is 0 Å². The van der Waals surface area contributed by atoms with Crippen LogP contribution in [0, 0.1) is 0 Å². The Kier molecular flexibility index (Phi) is 4.75. The molecule has 2 heterocycles. The van der Waals surface area contributed by atoms with E-state index in [-0.39, 0.29) is 11.8 Å². The number of fused-ring (bicyclic) bond motifs is 2. The molecular weight excluding hydrogens is 390 g/mol. The summed E-state index contributed by atoms with van der Waals surface area (Å²) in [5.41, 5.74) is 4.07. The number of aromatic nitrogens is 2. The van der Waals surface area contributed by atoms with Gasteiger partial charge in [0, 0.05) is 19.0 Å². The number of hydrogen-bond acceptors (Lipinski definition) is 6. The predicted octanol–water partition coefficient (Wildman–Crippen LogP) is 3.43. The molecule has 1 aliphatic carbocycles. The Balaban J connectivity index is 1.43. The van der Waals surface area contributed by atoms with Gasteiger partial charge in [-0.25, -0.2) is 13.0 Å². The maximum Gasteiger partial charge on any atom is 0.218 e. The third-order valence-corrected chi connectivity index (χ3v) is 7.69. The lowest BCUT2D eigenvalue weighted by Gasteiger charge is -2.28. The maximum absolute atomic E-state index is 13.4. The first-order valence-electron chi connectivity index (χ1n) is 10.0. The predicted molar refractivity (Wildman–Crippen MR) is 108 cm³/mol. The molecule has 0 spiro atoms. The van der Waals surface area contributed by atoms with Crippen LogP contribution in [0.2, 0.25) is 0 Å². The van der Waals surface area contributed by atoms with E-state index in [1.54, 1.807) is 22.5 Å². The van der Waals surface area contributed by atoms with Crippen LogP contribution in [0.15, 0.2) is 41.0 Å². The van der Waals surface area contributed by atoms with Gasteiger partial charge < -0.3 is 4.74 Å². The standard InChI is InChI=1S/C21H23N3O4S/c25-29(26,14-16-5-7-19-20(12-16)23-28-22-19)24(18-3-1-2-4-18)13-15-6-8-21-17(11-15)9-10-27-21/h5-8,11-12,18H,1-4,9-10,13-14H2. The number of benzene rings is 2. The number of sulfonamides is 1. The minimum Gasteiger partial charge on any atom is -0.493 e. The smallest absolute Gasteiger partial charge is 0.218 e. The van der Waals surface area contributed by atoms with Gasteiger partial charge in [-0.1, -0.05) is 31.0 Å². The third-order valence-electron chi connectivity index (χ3n) is 5.85. The molecule has 152 valence electrons.